The van der Waals surface area contributed by atoms with Crippen LogP contribution in [0.1, 0.15) is 50.8 Å². The molecule has 176 valence electrons. The quantitative estimate of drug-likeness (QED) is 0.492. The van der Waals surface area contributed by atoms with E-state index in [9.17, 15) is 9.00 Å². The summed E-state index contributed by atoms with van der Waals surface area (Å²) in [6.45, 7) is 8.76. The Morgan fingerprint density at radius 2 is 2.06 bits per heavy atom. The Balaban J connectivity index is 1.87. The van der Waals surface area contributed by atoms with E-state index in [0.717, 1.165) is 5.56 Å². The number of anilines is 1. The maximum Gasteiger partial charge on any atom is 0.332 e. The van der Waals surface area contributed by atoms with E-state index in [0.29, 0.717) is 30.4 Å². The van der Waals surface area contributed by atoms with Crippen molar-refractivity contribution >= 4 is 21.6 Å². The van der Waals surface area contributed by atoms with Gasteiger partial charge in [-0.15, -0.1) is 0 Å². The second-order valence-corrected chi connectivity index (χ2v) is 9.98. The smallest absolute Gasteiger partial charge is 0.332 e. The van der Waals surface area contributed by atoms with Gasteiger partial charge in [0.2, 0.25) is 11.8 Å². The summed E-state index contributed by atoms with van der Waals surface area (Å²) < 4.78 is 36.2. The number of nitrogens with one attached hydrogen (secondary N) is 4. The van der Waals surface area contributed by atoms with Gasteiger partial charge in [-0.3, -0.25) is 0 Å². The largest absolute Gasteiger partial charge is 0.481 e. The molecule has 0 bridgehead atoms. The molecule has 3 rings (SSSR count). The molecule has 2 aromatic rings. The number of carbonyl (C=O) groups excluding carboxylic acids is 1. The number of urea groups is 1. The van der Waals surface area contributed by atoms with Crippen molar-refractivity contribution in [2.45, 2.75) is 57.0 Å². The third kappa shape index (κ3) is 4.80. The Morgan fingerprint density at radius 1 is 1.34 bits per heavy atom. The molecule has 0 saturated heterocycles. The van der Waals surface area contributed by atoms with Gasteiger partial charge in [-0.2, -0.15) is 5.10 Å². The van der Waals surface area contributed by atoms with Crippen LogP contribution >= 0.6 is 0 Å². The third-order valence-electron chi connectivity index (χ3n) is 5.20. The molecule has 1 aliphatic heterocycles. The Morgan fingerprint density at radius 3 is 2.66 bits per heavy atom. The fourth-order valence-electron chi connectivity index (χ4n) is 3.44. The topological polar surface area (TPSA) is 143 Å². The van der Waals surface area contributed by atoms with Crippen LogP contribution in [0.3, 0.4) is 0 Å². The summed E-state index contributed by atoms with van der Waals surface area (Å²) in [5, 5.41) is 10.0. The SMILES string of the molecule is CN[C@@H]1COc2c(S(=N)(=O)NC(=O)Nc3c(C(C)C)cc(OC)nc3C(C)C)cnn2C1. The normalized spacial score (nSPS) is 17.4. The summed E-state index contributed by atoms with van der Waals surface area (Å²) in [5.74, 6) is 0.746. The number of methoxy groups -OCH3 is 1. The lowest BCUT2D eigenvalue weighted by Gasteiger charge is -2.24. The molecule has 11 nitrogen and oxygen atoms in total. The highest BCUT2D eigenvalue weighted by molar-refractivity contribution is 7.91. The maximum absolute atomic E-state index is 13.1. The van der Waals surface area contributed by atoms with Gasteiger partial charge in [0.15, 0.2) is 9.92 Å². The Labute approximate surface area is 188 Å². The van der Waals surface area contributed by atoms with Crippen LogP contribution in [0.15, 0.2) is 17.2 Å². The highest BCUT2D eigenvalue weighted by atomic mass is 32.2. The average Bonchev–Trinajstić information content (AvgIpc) is 3.17. The van der Waals surface area contributed by atoms with Gasteiger partial charge in [0.25, 0.3) is 0 Å². The molecule has 0 aliphatic carbocycles. The second kappa shape index (κ2) is 9.33. The zero-order valence-electron chi connectivity index (χ0n) is 19.2. The number of ether oxygens (including phenoxy) is 2. The van der Waals surface area contributed by atoms with Gasteiger partial charge in [-0.1, -0.05) is 27.7 Å². The van der Waals surface area contributed by atoms with Gasteiger partial charge in [0.1, 0.15) is 11.5 Å². The first-order valence-corrected chi connectivity index (χ1v) is 11.9. The summed E-state index contributed by atoms with van der Waals surface area (Å²) in [5.41, 5.74) is 1.99. The van der Waals surface area contributed by atoms with Crippen LogP contribution in [-0.4, -0.2) is 51.8 Å². The summed E-state index contributed by atoms with van der Waals surface area (Å²) in [6.07, 6.45) is 1.30. The maximum atomic E-state index is 13.1. The molecule has 0 fully saturated rings. The average molecular weight is 466 g/mol. The lowest BCUT2D eigenvalue weighted by atomic mass is 9.97. The molecule has 0 saturated carbocycles. The first-order chi connectivity index (χ1) is 15.1. The molecule has 0 spiro atoms. The number of amides is 2. The van der Waals surface area contributed by atoms with E-state index in [2.05, 4.69) is 25.4 Å². The molecule has 2 aromatic heterocycles. The molecule has 4 N–H and O–H groups in total. The van der Waals surface area contributed by atoms with Crippen LogP contribution in [0.5, 0.6) is 11.8 Å². The van der Waals surface area contributed by atoms with Gasteiger partial charge < -0.3 is 20.1 Å². The van der Waals surface area contributed by atoms with Gasteiger partial charge >= 0.3 is 6.03 Å². The van der Waals surface area contributed by atoms with Gasteiger partial charge in [0, 0.05) is 6.07 Å². The molecule has 1 aliphatic rings. The number of aromatic nitrogens is 3. The first-order valence-electron chi connectivity index (χ1n) is 10.4. The van der Waals surface area contributed by atoms with E-state index in [4.69, 9.17) is 14.3 Å². The minimum absolute atomic E-state index is 0.00512. The summed E-state index contributed by atoms with van der Waals surface area (Å²) in [4.78, 5) is 17.3. The standard InChI is InChI=1S/C20H31N7O4S/c1-11(2)14-7-16(30-6)24-17(12(3)4)18(14)25-20(28)26-32(21,29)15-8-23-27-9-13(22-5)10-31-19(15)27/h7-8,11-13,22H,9-10H2,1-6H3,(H3,21,25,26,28,29)/t13-,32?/m0/s1. The molecule has 3 heterocycles. The third-order valence-corrected chi connectivity index (χ3v) is 6.57. The summed E-state index contributed by atoms with van der Waals surface area (Å²) in [6, 6.07) is 1.05. The van der Waals surface area contributed by atoms with Gasteiger partial charge in [0.05, 0.1) is 37.3 Å². The minimum atomic E-state index is -3.72. The lowest BCUT2D eigenvalue weighted by molar-refractivity contribution is 0.184. The van der Waals surface area contributed by atoms with Crippen molar-refractivity contribution < 1.29 is 18.5 Å². The summed E-state index contributed by atoms with van der Waals surface area (Å²) in [7, 11) is -0.363. The van der Waals surface area contributed by atoms with Crippen LogP contribution in [-0.2, 0) is 16.5 Å². The van der Waals surface area contributed by atoms with E-state index in [-0.39, 0.29) is 28.7 Å². The van der Waals surface area contributed by atoms with Crippen molar-refractivity contribution in [1.29, 1.82) is 4.78 Å². The van der Waals surface area contributed by atoms with E-state index < -0.39 is 15.9 Å². The second-order valence-electron chi connectivity index (χ2n) is 8.23. The van der Waals surface area contributed by atoms with E-state index in [1.807, 2.05) is 34.7 Å². The van der Waals surface area contributed by atoms with Crippen LogP contribution in [0, 0.1) is 4.78 Å². The molecule has 32 heavy (non-hydrogen) atoms. The molecular formula is C20H31N7O4S. The van der Waals surface area contributed by atoms with E-state index in [1.54, 1.807) is 13.2 Å². The molecule has 12 heteroatoms. The van der Waals surface area contributed by atoms with Crippen LogP contribution in [0.25, 0.3) is 0 Å². The first kappa shape index (κ1) is 23.8. The van der Waals surface area contributed by atoms with Crippen LogP contribution in [0.4, 0.5) is 10.5 Å². The zero-order valence-corrected chi connectivity index (χ0v) is 20.0. The summed E-state index contributed by atoms with van der Waals surface area (Å²) >= 11 is 0. The monoisotopic (exact) mass is 465 g/mol. The number of hydrogen-bond acceptors (Lipinski definition) is 8. The predicted molar refractivity (Wildman–Crippen MR) is 121 cm³/mol. The van der Waals surface area contributed by atoms with Crippen LogP contribution < -0.4 is 24.8 Å². The molecule has 0 radical (unpaired) electrons. The molecule has 2 amide bonds. The highest BCUT2D eigenvalue weighted by Gasteiger charge is 2.29. The molecular weight excluding hydrogens is 434 g/mol. The minimum Gasteiger partial charge on any atom is -0.481 e. The van der Waals surface area contributed by atoms with Crippen molar-refractivity contribution in [3.8, 4) is 11.8 Å². The highest BCUT2D eigenvalue weighted by Crippen LogP contribution is 2.34. The Hall–Kier alpha value is -2.86. The van der Waals surface area contributed by atoms with Crippen molar-refractivity contribution in [3.05, 3.63) is 23.5 Å². The van der Waals surface area contributed by atoms with Gasteiger partial charge in [-0.05, 0) is 24.4 Å². The zero-order chi connectivity index (χ0) is 23.6. The number of nitrogens with zero attached hydrogens (tertiary/aromatic N) is 3. The Bertz CT molecular complexity index is 1070. The lowest BCUT2D eigenvalue weighted by Crippen LogP contribution is -2.40. The fraction of sp³-hybridized carbons (Fsp3) is 0.550. The number of carbonyl (C=O) groups is 1. The van der Waals surface area contributed by atoms with Crippen LogP contribution in [0.2, 0.25) is 0 Å². The van der Waals surface area contributed by atoms with Crippen molar-refractivity contribution in [1.82, 2.24) is 24.8 Å². The fourth-order valence-corrected chi connectivity index (χ4v) is 4.47. The number of likely N-dealkylation sites (N-methyl/N-ethyl adjacent to an activating group) is 1. The molecule has 1 unspecified atom stereocenters. The van der Waals surface area contributed by atoms with Crippen molar-refractivity contribution in [2.75, 3.05) is 26.1 Å². The van der Waals surface area contributed by atoms with E-state index >= 15 is 0 Å². The van der Waals surface area contributed by atoms with Gasteiger partial charge in [-0.25, -0.2) is 28.2 Å². The van der Waals surface area contributed by atoms with Crippen molar-refractivity contribution in [3.63, 3.8) is 0 Å². The number of pyridine rings is 1. The number of hydrogen-bond donors (Lipinski definition) is 4. The molecule has 2 atom stereocenters. The van der Waals surface area contributed by atoms with E-state index in [1.165, 1.54) is 10.9 Å². The number of rotatable bonds is 7. The number of fused-ring (bicyclic) bond motifs is 1. The predicted octanol–water partition coefficient (Wildman–Crippen LogP) is 2.66. The molecule has 0 aromatic carbocycles. The van der Waals surface area contributed by atoms with Crippen molar-refractivity contribution in [2.24, 2.45) is 0 Å². The Kier molecular flexibility index (Phi) is 6.94.